The van der Waals surface area contributed by atoms with E-state index in [2.05, 4.69) is 13.8 Å². The number of esters is 1. The van der Waals surface area contributed by atoms with Crippen molar-refractivity contribution >= 4 is 17.5 Å². The van der Waals surface area contributed by atoms with E-state index in [0.29, 0.717) is 24.7 Å². The molecule has 0 heterocycles. The van der Waals surface area contributed by atoms with Crippen molar-refractivity contribution < 1.29 is 19.1 Å². The summed E-state index contributed by atoms with van der Waals surface area (Å²) in [6.07, 6.45) is 8.17. The number of Topliss-reactive ketones (excluding diaryl/α,β-unsaturated/α-hetero) is 1. The maximum Gasteiger partial charge on any atom is 0.302 e. The molecule has 4 nitrogen and oxygen atoms in total. The number of ketones is 2. The van der Waals surface area contributed by atoms with Crippen molar-refractivity contribution in [3.63, 3.8) is 0 Å². The van der Waals surface area contributed by atoms with Crippen LogP contribution < -0.4 is 0 Å². The fourth-order valence-electron chi connectivity index (χ4n) is 7.56. The molecule has 0 aromatic carbocycles. The van der Waals surface area contributed by atoms with Crippen molar-refractivity contribution in [2.75, 3.05) is 0 Å². The highest BCUT2D eigenvalue weighted by Gasteiger charge is 2.63. The van der Waals surface area contributed by atoms with E-state index in [1.165, 1.54) is 12.5 Å². The SMILES string of the molecule is CC(=O)O[C@H]1C[C@H](C(C)=O)[C@@]2(C)CC[C@H]3[C@@H](CCC4=CC(=O)CC[C@@]43C)[C@H]12. The molecule has 0 radical (unpaired) electrons. The minimum atomic E-state index is -0.237. The normalized spacial score (nSPS) is 46.0. The number of hydrogen-bond acceptors (Lipinski definition) is 4. The Morgan fingerprint density at radius 3 is 2.52 bits per heavy atom. The average Bonchev–Trinajstić information content (AvgIpc) is 2.87. The van der Waals surface area contributed by atoms with Gasteiger partial charge >= 0.3 is 5.97 Å². The Morgan fingerprint density at radius 2 is 1.85 bits per heavy atom. The molecule has 0 N–H and O–H groups in total. The summed E-state index contributed by atoms with van der Waals surface area (Å²) in [5.41, 5.74) is 1.36. The van der Waals surface area contributed by atoms with E-state index in [1.54, 1.807) is 6.92 Å². The summed E-state index contributed by atoms with van der Waals surface area (Å²) in [5, 5.41) is 0. The zero-order valence-electron chi connectivity index (χ0n) is 17.0. The van der Waals surface area contributed by atoms with Crippen LogP contribution in [0.25, 0.3) is 0 Å². The maximum absolute atomic E-state index is 12.4. The minimum Gasteiger partial charge on any atom is -0.462 e. The lowest BCUT2D eigenvalue weighted by atomic mass is 9.46. The first-order valence-corrected chi connectivity index (χ1v) is 10.6. The highest BCUT2D eigenvalue weighted by Crippen LogP contribution is 2.67. The zero-order valence-corrected chi connectivity index (χ0v) is 17.0. The van der Waals surface area contributed by atoms with E-state index in [4.69, 9.17) is 4.74 Å². The van der Waals surface area contributed by atoms with Crippen molar-refractivity contribution in [2.24, 2.45) is 34.5 Å². The highest BCUT2D eigenvalue weighted by atomic mass is 16.5. The lowest BCUT2D eigenvalue weighted by molar-refractivity contribution is -0.155. The molecule has 0 aromatic heterocycles. The van der Waals surface area contributed by atoms with Crippen LogP contribution in [-0.4, -0.2) is 23.6 Å². The number of allylic oxidation sites excluding steroid dienone is 1. The molecule has 0 saturated heterocycles. The fraction of sp³-hybridized carbons (Fsp3) is 0.783. The lowest BCUT2D eigenvalue weighted by Crippen LogP contribution is -2.53. The molecule has 4 heteroatoms. The Balaban J connectivity index is 1.72. The van der Waals surface area contributed by atoms with Crippen LogP contribution in [-0.2, 0) is 19.1 Å². The summed E-state index contributed by atoms with van der Waals surface area (Å²) in [6.45, 7) is 7.80. The van der Waals surface area contributed by atoms with E-state index in [9.17, 15) is 14.4 Å². The Bertz CT molecular complexity index is 722. The first-order chi connectivity index (χ1) is 12.7. The summed E-state index contributed by atoms with van der Waals surface area (Å²) in [7, 11) is 0. The number of ether oxygens (including phenoxy) is 1. The van der Waals surface area contributed by atoms with Gasteiger partial charge in [0.2, 0.25) is 0 Å². The molecular formula is C23H32O4. The zero-order chi connectivity index (χ0) is 19.6. The Labute approximate surface area is 162 Å². The van der Waals surface area contributed by atoms with Crippen molar-refractivity contribution in [3.05, 3.63) is 11.6 Å². The molecule has 7 atom stereocenters. The van der Waals surface area contributed by atoms with Crippen LogP contribution in [0.1, 0.15) is 72.6 Å². The predicted molar refractivity (Wildman–Crippen MR) is 102 cm³/mol. The average molecular weight is 373 g/mol. The second-order valence-corrected chi connectivity index (χ2v) is 9.98. The van der Waals surface area contributed by atoms with E-state index < -0.39 is 0 Å². The van der Waals surface area contributed by atoms with Crippen molar-refractivity contribution in [1.29, 1.82) is 0 Å². The van der Waals surface area contributed by atoms with Crippen molar-refractivity contribution in [3.8, 4) is 0 Å². The van der Waals surface area contributed by atoms with Crippen LogP contribution in [0, 0.1) is 34.5 Å². The summed E-state index contributed by atoms with van der Waals surface area (Å²) in [4.78, 5) is 36.2. The van der Waals surface area contributed by atoms with Crippen molar-refractivity contribution in [1.82, 2.24) is 0 Å². The van der Waals surface area contributed by atoms with E-state index in [0.717, 1.165) is 32.1 Å². The number of carbonyl (C=O) groups is 3. The van der Waals surface area contributed by atoms with Crippen molar-refractivity contribution in [2.45, 2.75) is 78.7 Å². The molecule has 27 heavy (non-hydrogen) atoms. The predicted octanol–water partition coefficient (Wildman–Crippen LogP) is 4.27. The summed E-state index contributed by atoms with van der Waals surface area (Å²) >= 11 is 0. The molecule has 4 aliphatic carbocycles. The first kappa shape index (κ1) is 18.9. The van der Waals surface area contributed by atoms with Gasteiger partial charge in [0.25, 0.3) is 0 Å². The van der Waals surface area contributed by atoms with Crippen LogP contribution in [0.3, 0.4) is 0 Å². The molecule has 0 aromatic rings. The molecular weight excluding hydrogens is 340 g/mol. The molecule has 0 aliphatic heterocycles. The van der Waals surface area contributed by atoms with Gasteiger partial charge in [0, 0.05) is 25.2 Å². The van der Waals surface area contributed by atoms with Gasteiger partial charge in [0.1, 0.15) is 11.9 Å². The number of hydrogen-bond donors (Lipinski definition) is 0. The van der Waals surface area contributed by atoms with Crippen LogP contribution in [0.2, 0.25) is 0 Å². The van der Waals surface area contributed by atoms with E-state index >= 15 is 0 Å². The second-order valence-electron chi connectivity index (χ2n) is 9.98. The fourth-order valence-corrected chi connectivity index (χ4v) is 7.56. The number of rotatable bonds is 2. The molecule has 4 rings (SSSR count). The van der Waals surface area contributed by atoms with Crippen LogP contribution in [0.5, 0.6) is 0 Å². The third kappa shape index (κ3) is 2.74. The molecule has 0 bridgehead atoms. The topological polar surface area (TPSA) is 60.4 Å². The molecule has 0 spiro atoms. The maximum atomic E-state index is 12.4. The second kappa shape index (κ2) is 6.28. The molecule has 0 unspecified atom stereocenters. The summed E-state index contributed by atoms with van der Waals surface area (Å²) in [5.74, 6) is 1.51. The third-order valence-corrected chi connectivity index (χ3v) is 8.73. The van der Waals surface area contributed by atoms with Gasteiger partial charge in [-0.05, 0) is 74.2 Å². The van der Waals surface area contributed by atoms with Gasteiger partial charge in [-0.1, -0.05) is 19.4 Å². The van der Waals surface area contributed by atoms with Gasteiger partial charge in [-0.25, -0.2) is 0 Å². The molecule has 4 aliphatic rings. The van der Waals surface area contributed by atoms with Gasteiger partial charge in [0.15, 0.2) is 5.78 Å². The van der Waals surface area contributed by atoms with Gasteiger partial charge in [-0.3, -0.25) is 14.4 Å². The summed E-state index contributed by atoms with van der Waals surface area (Å²) in [6, 6.07) is 0. The van der Waals surface area contributed by atoms with Gasteiger partial charge in [-0.2, -0.15) is 0 Å². The Morgan fingerprint density at radius 1 is 1.11 bits per heavy atom. The molecule has 148 valence electrons. The minimum absolute atomic E-state index is 0.00882. The Kier molecular flexibility index (Phi) is 4.40. The van der Waals surface area contributed by atoms with Crippen LogP contribution >= 0.6 is 0 Å². The Hall–Kier alpha value is -1.45. The largest absolute Gasteiger partial charge is 0.462 e. The van der Waals surface area contributed by atoms with E-state index in [-0.39, 0.29) is 46.3 Å². The monoisotopic (exact) mass is 372 g/mol. The molecule has 3 saturated carbocycles. The van der Waals surface area contributed by atoms with Crippen LogP contribution in [0.4, 0.5) is 0 Å². The van der Waals surface area contributed by atoms with Gasteiger partial charge < -0.3 is 4.74 Å². The van der Waals surface area contributed by atoms with Crippen LogP contribution in [0.15, 0.2) is 11.6 Å². The highest BCUT2D eigenvalue weighted by molar-refractivity contribution is 5.91. The van der Waals surface area contributed by atoms with E-state index in [1.807, 2.05) is 6.08 Å². The first-order valence-electron chi connectivity index (χ1n) is 10.6. The van der Waals surface area contributed by atoms with Gasteiger partial charge in [0.05, 0.1) is 0 Å². The third-order valence-electron chi connectivity index (χ3n) is 8.73. The van der Waals surface area contributed by atoms with Gasteiger partial charge in [-0.15, -0.1) is 0 Å². The number of fused-ring (bicyclic) bond motifs is 5. The quantitative estimate of drug-likeness (QED) is 0.679. The standard InChI is InChI=1S/C23H32O4/c1-13(24)19-12-20(27-14(2)25)21-17-6-5-15-11-16(26)7-9-22(15,3)18(17)8-10-23(19,21)4/h11,17-21H,5-10,12H2,1-4H3/t17-,18+,19-,20+,21-,22+,23-/m1/s1. The molecule has 0 amide bonds. The summed E-state index contributed by atoms with van der Waals surface area (Å²) < 4.78 is 5.80. The lowest BCUT2D eigenvalue weighted by Gasteiger charge is -2.58. The molecule has 3 fully saturated rings. The smallest absolute Gasteiger partial charge is 0.302 e. The number of carbonyl (C=O) groups excluding carboxylic acids is 3.